The Morgan fingerprint density at radius 1 is 1.14 bits per heavy atom. The molecule has 1 fully saturated rings. The average molecular weight is 299 g/mol. The molecular formula is C15H16F3NO2. The number of benzene rings is 1. The zero-order valence-corrected chi connectivity index (χ0v) is 11.4. The van der Waals surface area contributed by atoms with Gasteiger partial charge in [0.1, 0.15) is 5.75 Å². The quantitative estimate of drug-likeness (QED) is 0.888. The highest BCUT2D eigenvalue weighted by Gasteiger charge is 2.38. The van der Waals surface area contributed by atoms with Crippen LogP contribution in [0.15, 0.2) is 18.2 Å². The Hall–Kier alpha value is -1.72. The maximum Gasteiger partial charge on any atom is 0.573 e. The van der Waals surface area contributed by atoms with E-state index in [0.29, 0.717) is 11.3 Å². The van der Waals surface area contributed by atoms with Gasteiger partial charge in [-0.3, -0.25) is 4.79 Å². The number of rotatable bonds is 2. The fraction of sp³-hybridized carbons (Fsp3) is 0.533. The van der Waals surface area contributed by atoms with E-state index in [9.17, 15) is 18.0 Å². The Kier molecular flexibility index (Phi) is 3.55. The summed E-state index contributed by atoms with van der Waals surface area (Å²) < 4.78 is 40.9. The van der Waals surface area contributed by atoms with Gasteiger partial charge in [-0.1, -0.05) is 19.3 Å². The molecule has 1 heterocycles. The monoisotopic (exact) mass is 299 g/mol. The molecule has 0 spiro atoms. The standard InChI is InChI=1S/C15H16F3NO2/c16-15(17,18)21-10-6-7-12-11(8-10)13(14(20)19-12)9-4-2-1-3-5-9/h6-9,13H,1-5H2,(H,19,20). The molecule has 1 atom stereocenters. The topological polar surface area (TPSA) is 38.3 Å². The molecule has 21 heavy (non-hydrogen) atoms. The lowest BCUT2D eigenvalue weighted by molar-refractivity contribution is -0.274. The van der Waals surface area contributed by atoms with Crippen molar-refractivity contribution in [2.24, 2.45) is 5.92 Å². The highest BCUT2D eigenvalue weighted by Crippen LogP contribution is 2.44. The van der Waals surface area contributed by atoms with Gasteiger partial charge in [0.15, 0.2) is 0 Å². The minimum atomic E-state index is -4.72. The Labute approximate surface area is 120 Å². The lowest BCUT2D eigenvalue weighted by Crippen LogP contribution is -2.23. The van der Waals surface area contributed by atoms with Crippen molar-refractivity contribution in [3.63, 3.8) is 0 Å². The summed E-state index contributed by atoms with van der Waals surface area (Å²) in [7, 11) is 0. The molecule has 6 heteroatoms. The Balaban J connectivity index is 1.88. The van der Waals surface area contributed by atoms with Crippen molar-refractivity contribution in [2.45, 2.75) is 44.4 Å². The van der Waals surface area contributed by atoms with Gasteiger partial charge in [0, 0.05) is 5.69 Å². The van der Waals surface area contributed by atoms with E-state index < -0.39 is 6.36 Å². The van der Waals surface area contributed by atoms with Crippen molar-refractivity contribution >= 4 is 11.6 Å². The van der Waals surface area contributed by atoms with Gasteiger partial charge < -0.3 is 10.1 Å². The van der Waals surface area contributed by atoms with Crippen LogP contribution in [0.25, 0.3) is 0 Å². The SMILES string of the molecule is O=C1Nc2ccc(OC(F)(F)F)cc2C1C1CCCCC1. The minimum absolute atomic E-state index is 0.110. The summed E-state index contributed by atoms with van der Waals surface area (Å²) in [6.45, 7) is 0. The van der Waals surface area contributed by atoms with E-state index in [1.807, 2.05) is 0 Å². The van der Waals surface area contributed by atoms with E-state index in [2.05, 4.69) is 10.1 Å². The van der Waals surface area contributed by atoms with Crippen molar-refractivity contribution in [2.75, 3.05) is 5.32 Å². The molecule has 1 aliphatic carbocycles. The van der Waals surface area contributed by atoms with Crippen LogP contribution in [0.5, 0.6) is 5.75 Å². The molecule has 3 rings (SSSR count). The molecule has 2 aliphatic rings. The van der Waals surface area contributed by atoms with Crippen LogP contribution in [0.2, 0.25) is 0 Å². The number of fused-ring (bicyclic) bond motifs is 1. The maximum atomic E-state index is 12.3. The van der Waals surface area contributed by atoms with Crippen molar-refractivity contribution in [1.29, 1.82) is 0 Å². The van der Waals surface area contributed by atoms with E-state index in [0.717, 1.165) is 32.1 Å². The summed E-state index contributed by atoms with van der Waals surface area (Å²) in [6, 6.07) is 4.06. The zero-order chi connectivity index (χ0) is 15.0. The molecule has 3 nitrogen and oxygen atoms in total. The second-order valence-corrected chi connectivity index (χ2v) is 5.66. The molecule has 114 valence electrons. The van der Waals surface area contributed by atoms with Crippen LogP contribution in [-0.2, 0) is 4.79 Å². The van der Waals surface area contributed by atoms with Gasteiger partial charge in [0.05, 0.1) is 5.92 Å². The Morgan fingerprint density at radius 3 is 2.52 bits per heavy atom. The molecular weight excluding hydrogens is 283 g/mol. The van der Waals surface area contributed by atoms with Crippen molar-refractivity contribution in [1.82, 2.24) is 0 Å². The molecule has 1 aromatic carbocycles. The lowest BCUT2D eigenvalue weighted by atomic mass is 9.77. The Morgan fingerprint density at radius 2 is 1.86 bits per heavy atom. The van der Waals surface area contributed by atoms with E-state index in [4.69, 9.17) is 0 Å². The molecule has 1 saturated carbocycles. The van der Waals surface area contributed by atoms with Gasteiger partial charge in [-0.2, -0.15) is 0 Å². The van der Waals surface area contributed by atoms with Crippen molar-refractivity contribution in [3.8, 4) is 5.75 Å². The van der Waals surface area contributed by atoms with Crippen LogP contribution in [0.3, 0.4) is 0 Å². The summed E-state index contributed by atoms with van der Waals surface area (Å²) >= 11 is 0. The molecule has 1 N–H and O–H groups in total. The lowest BCUT2D eigenvalue weighted by Gasteiger charge is -2.26. The van der Waals surface area contributed by atoms with Crippen LogP contribution >= 0.6 is 0 Å². The smallest absolute Gasteiger partial charge is 0.406 e. The third kappa shape index (κ3) is 2.99. The Bertz CT molecular complexity index is 550. The number of ether oxygens (including phenoxy) is 1. The molecule has 1 aliphatic heterocycles. The minimum Gasteiger partial charge on any atom is -0.406 e. The van der Waals surface area contributed by atoms with E-state index in [1.165, 1.54) is 18.2 Å². The normalized spacial score (nSPS) is 22.8. The van der Waals surface area contributed by atoms with Crippen LogP contribution in [0.1, 0.15) is 43.6 Å². The van der Waals surface area contributed by atoms with E-state index in [1.54, 1.807) is 0 Å². The third-order valence-corrected chi connectivity index (χ3v) is 4.25. The molecule has 0 radical (unpaired) electrons. The number of nitrogens with one attached hydrogen (secondary N) is 1. The van der Waals surface area contributed by atoms with Gasteiger partial charge in [-0.05, 0) is 42.5 Å². The number of carbonyl (C=O) groups is 1. The summed E-state index contributed by atoms with van der Waals surface area (Å²) in [6.07, 6.45) is 0.480. The molecule has 0 saturated heterocycles. The number of halogens is 3. The second kappa shape index (κ2) is 5.24. The number of hydrogen-bond donors (Lipinski definition) is 1. The third-order valence-electron chi connectivity index (χ3n) is 4.25. The predicted octanol–water partition coefficient (Wildman–Crippen LogP) is 4.20. The number of hydrogen-bond acceptors (Lipinski definition) is 2. The van der Waals surface area contributed by atoms with Crippen LogP contribution in [0, 0.1) is 5.92 Å². The van der Waals surface area contributed by atoms with Crippen molar-refractivity contribution in [3.05, 3.63) is 23.8 Å². The molecule has 1 unspecified atom stereocenters. The molecule has 0 aromatic heterocycles. The molecule has 0 bridgehead atoms. The first-order valence-electron chi connectivity index (χ1n) is 7.14. The fourth-order valence-electron chi connectivity index (χ4n) is 3.40. The first-order chi connectivity index (χ1) is 9.94. The first-order valence-corrected chi connectivity index (χ1v) is 7.14. The number of anilines is 1. The number of alkyl halides is 3. The van der Waals surface area contributed by atoms with Gasteiger partial charge in [0.2, 0.25) is 5.91 Å². The zero-order valence-electron chi connectivity index (χ0n) is 11.4. The average Bonchev–Trinajstić information content (AvgIpc) is 2.73. The van der Waals surface area contributed by atoms with Gasteiger partial charge in [-0.15, -0.1) is 13.2 Å². The predicted molar refractivity (Wildman–Crippen MR) is 71.1 cm³/mol. The number of amides is 1. The van der Waals surface area contributed by atoms with Crippen LogP contribution < -0.4 is 10.1 Å². The van der Waals surface area contributed by atoms with E-state index in [-0.39, 0.29) is 23.5 Å². The highest BCUT2D eigenvalue weighted by molar-refractivity contribution is 6.03. The van der Waals surface area contributed by atoms with Gasteiger partial charge in [-0.25, -0.2) is 0 Å². The van der Waals surface area contributed by atoms with Crippen LogP contribution in [0.4, 0.5) is 18.9 Å². The summed E-state index contributed by atoms with van der Waals surface area (Å²) in [5.41, 5.74) is 1.23. The first kappa shape index (κ1) is 14.2. The summed E-state index contributed by atoms with van der Waals surface area (Å²) in [4.78, 5) is 12.2. The van der Waals surface area contributed by atoms with Gasteiger partial charge >= 0.3 is 6.36 Å². The highest BCUT2D eigenvalue weighted by atomic mass is 19.4. The fourth-order valence-corrected chi connectivity index (χ4v) is 3.40. The molecule has 1 amide bonds. The molecule has 1 aromatic rings. The van der Waals surface area contributed by atoms with Gasteiger partial charge in [0.25, 0.3) is 0 Å². The largest absolute Gasteiger partial charge is 0.573 e. The maximum absolute atomic E-state index is 12.3. The second-order valence-electron chi connectivity index (χ2n) is 5.66. The van der Waals surface area contributed by atoms with Crippen molar-refractivity contribution < 1.29 is 22.7 Å². The summed E-state index contributed by atoms with van der Waals surface area (Å²) in [5.74, 6) is -0.516. The van der Waals surface area contributed by atoms with Crippen LogP contribution in [-0.4, -0.2) is 12.3 Å². The number of carbonyl (C=O) groups excluding carboxylic acids is 1. The van der Waals surface area contributed by atoms with E-state index >= 15 is 0 Å². The summed E-state index contributed by atoms with van der Waals surface area (Å²) in [5, 5.41) is 2.76.